The molecule has 0 amide bonds. The summed E-state index contributed by atoms with van der Waals surface area (Å²) in [5.74, 6) is 0.450. The van der Waals surface area contributed by atoms with Gasteiger partial charge in [-0.2, -0.15) is 0 Å². The van der Waals surface area contributed by atoms with Crippen LogP contribution < -0.4 is 0 Å². The van der Waals surface area contributed by atoms with Crippen molar-refractivity contribution in [1.29, 1.82) is 0 Å². The second-order valence-corrected chi connectivity index (χ2v) is 7.45. The zero-order chi connectivity index (χ0) is 11.5. The maximum Gasteiger partial charge on any atom is 0.179 e. The van der Waals surface area contributed by atoms with Gasteiger partial charge in [-0.25, -0.2) is 8.42 Å². The van der Waals surface area contributed by atoms with Crippen molar-refractivity contribution >= 4 is 44.0 Å². The minimum absolute atomic E-state index is 0.0458. The van der Waals surface area contributed by atoms with Crippen LogP contribution in [-0.4, -0.2) is 24.0 Å². The molecule has 0 heterocycles. The third-order valence-corrected chi connectivity index (χ3v) is 6.15. The number of aryl methyl sites for hydroxylation is 1. The van der Waals surface area contributed by atoms with Crippen molar-refractivity contribution in [2.24, 2.45) is 0 Å². The summed E-state index contributed by atoms with van der Waals surface area (Å²) in [6.45, 7) is 1.93. The Kier molecular flexibility index (Phi) is 4.86. The van der Waals surface area contributed by atoms with Crippen LogP contribution in [0, 0.1) is 6.92 Å². The molecule has 0 bridgehead atoms. The van der Waals surface area contributed by atoms with Gasteiger partial charge in [0.15, 0.2) is 9.84 Å². The van der Waals surface area contributed by atoms with Crippen molar-refractivity contribution in [3.05, 3.63) is 29.8 Å². The lowest BCUT2D eigenvalue weighted by molar-refractivity contribution is 0.596. The third kappa shape index (κ3) is 3.92. The second kappa shape index (κ2) is 5.50. The summed E-state index contributed by atoms with van der Waals surface area (Å²) in [7, 11) is -3.18. The van der Waals surface area contributed by atoms with E-state index in [9.17, 15) is 8.42 Å². The lowest BCUT2D eigenvalue weighted by Gasteiger charge is -2.07. The summed E-state index contributed by atoms with van der Waals surface area (Å²) in [6.07, 6.45) is 0. The Hall–Kier alpha value is 0.190. The molecule has 1 unspecified atom stereocenters. The molecule has 1 rings (SSSR count). The van der Waals surface area contributed by atoms with E-state index in [1.807, 2.05) is 6.92 Å². The van der Waals surface area contributed by atoms with Crippen molar-refractivity contribution < 1.29 is 8.42 Å². The van der Waals surface area contributed by atoms with Crippen molar-refractivity contribution in [3.8, 4) is 0 Å². The fraction of sp³-hybridized carbons (Fsp3) is 0.400. The largest absolute Gasteiger partial charge is 0.224 e. The van der Waals surface area contributed by atoms with E-state index in [-0.39, 0.29) is 9.68 Å². The normalized spacial score (nSPS) is 13.8. The molecule has 0 aromatic heterocycles. The first-order chi connectivity index (χ1) is 6.95. The molecule has 84 valence electrons. The first kappa shape index (κ1) is 13.3. The van der Waals surface area contributed by atoms with Gasteiger partial charge >= 0.3 is 0 Å². The quantitative estimate of drug-likeness (QED) is 0.613. The predicted molar refractivity (Wildman–Crippen MR) is 71.8 cm³/mol. The molecule has 5 heteroatoms. The van der Waals surface area contributed by atoms with E-state index in [1.165, 1.54) is 0 Å². The van der Waals surface area contributed by atoms with Gasteiger partial charge in [-0.05, 0) is 19.1 Å². The molecule has 0 saturated carbocycles. The number of benzene rings is 1. The molecule has 0 saturated heterocycles. The summed E-state index contributed by atoms with van der Waals surface area (Å²) >= 11 is 7.65. The molecule has 0 spiro atoms. The molecule has 1 aromatic carbocycles. The lowest BCUT2D eigenvalue weighted by Crippen LogP contribution is -2.17. The smallest absolute Gasteiger partial charge is 0.179 e. The first-order valence-corrected chi connectivity index (χ1v) is 7.88. The van der Waals surface area contributed by atoms with E-state index in [2.05, 4.69) is 22.6 Å². The molecule has 0 aliphatic rings. The summed E-state index contributed by atoms with van der Waals surface area (Å²) in [5.41, 5.74) is 1.05. The van der Waals surface area contributed by atoms with Gasteiger partial charge in [0, 0.05) is 9.80 Å². The topological polar surface area (TPSA) is 34.1 Å². The average molecular weight is 359 g/mol. The molecule has 0 radical (unpaired) electrons. The van der Waals surface area contributed by atoms with E-state index in [4.69, 9.17) is 11.6 Å². The number of rotatable bonds is 4. The molecule has 1 atom stereocenters. The van der Waals surface area contributed by atoms with E-state index >= 15 is 0 Å². The zero-order valence-electron chi connectivity index (χ0n) is 8.28. The Balaban J connectivity index is 2.91. The molecule has 15 heavy (non-hydrogen) atoms. The van der Waals surface area contributed by atoms with Crippen LogP contribution in [0.15, 0.2) is 29.2 Å². The number of hydrogen-bond acceptors (Lipinski definition) is 2. The highest BCUT2D eigenvalue weighted by atomic mass is 127. The van der Waals surface area contributed by atoms with Gasteiger partial charge in [-0.15, -0.1) is 11.6 Å². The maximum absolute atomic E-state index is 11.8. The van der Waals surface area contributed by atoms with E-state index in [0.29, 0.717) is 10.8 Å². The van der Waals surface area contributed by atoms with E-state index in [0.717, 1.165) is 5.56 Å². The van der Waals surface area contributed by atoms with Crippen LogP contribution >= 0.6 is 34.2 Å². The fourth-order valence-corrected chi connectivity index (χ4v) is 4.12. The monoisotopic (exact) mass is 358 g/mol. The predicted octanol–water partition coefficient (Wildman–Crippen LogP) is 2.81. The summed E-state index contributed by atoms with van der Waals surface area (Å²) in [6, 6.07) is 6.88. The van der Waals surface area contributed by atoms with Crippen molar-refractivity contribution in [1.82, 2.24) is 0 Å². The standard InChI is InChI=1S/C10H12ClIO2S/c1-8-2-4-10(5-3-8)15(13,14)7-9(12)6-11/h2-5,9H,6-7H2,1H3. The molecular formula is C10H12ClIO2S. The Labute approximate surface area is 109 Å². The Bertz CT molecular complexity index is 414. The van der Waals surface area contributed by atoms with E-state index in [1.54, 1.807) is 24.3 Å². The van der Waals surface area contributed by atoms with Crippen molar-refractivity contribution in [3.63, 3.8) is 0 Å². The minimum Gasteiger partial charge on any atom is -0.224 e. The average Bonchev–Trinajstić information content (AvgIpc) is 2.17. The van der Waals surface area contributed by atoms with Crippen LogP contribution in [0.3, 0.4) is 0 Å². The SMILES string of the molecule is Cc1ccc(S(=O)(=O)CC(I)CCl)cc1. The van der Waals surface area contributed by atoms with Crippen molar-refractivity contribution in [2.75, 3.05) is 11.6 Å². The van der Waals surface area contributed by atoms with Gasteiger partial charge in [-0.3, -0.25) is 0 Å². The third-order valence-electron chi connectivity index (χ3n) is 1.95. The van der Waals surface area contributed by atoms with Crippen LogP contribution in [-0.2, 0) is 9.84 Å². The molecule has 0 aliphatic carbocycles. The first-order valence-electron chi connectivity index (χ1n) is 4.45. The molecule has 2 nitrogen and oxygen atoms in total. The minimum atomic E-state index is -3.18. The van der Waals surface area contributed by atoms with Gasteiger partial charge in [0.05, 0.1) is 10.6 Å². The molecular weight excluding hydrogens is 347 g/mol. The van der Waals surface area contributed by atoms with Crippen molar-refractivity contribution in [2.45, 2.75) is 15.7 Å². The Morgan fingerprint density at radius 3 is 2.33 bits per heavy atom. The van der Waals surface area contributed by atoms with Gasteiger partial charge in [0.2, 0.25) is 0 Å². The Morgan fingerprint density at radius 2 is 1.87 bits per heavy atom. The summed E-state index contributed by atoms with van der Waals surface area (Å²) in [4.78, 5) is 0.375. The van der Waals surface area contributed by atoms with Crippen LogP contribution in [0.1, 0.15) is 5.56 Å². The molecule has 0 aliphatic heterocycles. The fourth-order valence-electron chi connectivity index (χ4n) is 1.12. The number of halogens is 2. The van der Waals surface area contributed by atoms with Gasteiger partial charge in [0.25, 0.3) is 0 Å². The number of hydrogen-bond donors (Lipinski definition) is 0. The molecule has 1 aromatic rings. The maximum atomic E-state index is 11.8. The van der Waals surface area contributed by atoms with Crippen LogP contribution in [0.5, 0.6) is 0 Å². The number of alkyl halides is 2. The van der Waals surface area contributed by atoms with Crippen LogP contribution in [0.4, 0.5) is 0 Å². The van der Waals surface area contributed by atoms with Gasteiger partial charge < -0.3 is 0 Å². The zero-order valence-corrected chi connectivity index (χ0v) is 12.0. The van der Waals surface area contributed by atoms with Gasteiger partial charge in [0.1, 0.15) is 0 Å². The highest BCUT2D eigenvalue weighted by molar-refractivity contribution is 14.1. The van der Waals surface area contributed by atoms with Crippen LogP contribution in [0.25, 0.3) is 0 Å². The number of sulfone groups is 1. The highest BCUT2D eigenvalue weighted by Crippen LogP contribution is 2.16. The lowest BCUT2D eigenvalue weighted by atomic mass is 10.2. The van der Waals surface area contributed by atoms with Gasteiger partial charge in [-0.1, -0.05) is 40.3 Å². The molecule has 0 N–H and O–H groups in total. The van der Waals surface area contributed by atoms with E-state index < -0.39 is 9.84 Å². The highest BCUT2D eigenvalue weighted by Gasteiger charge is 2.18. The van der Waals surface area contributed by atoms with Crippen LogP contribution in [0.2, 0.25) is 0 Å². The Morgan fingerprint density at radius 1 is 1.33 bits per heavy atom. The summed E-state index contributed by atoms with van der Waals surface area (Å²) in [5, 5.41) is 0. The summed E-state index contributed by atoms with van der Waals surface area (Å²) < 4.78 is 23.7. The molecule has 0 fully saturated rings. The second-order valence-electron chi connectivity index (χ2n) is 3.35.